The van der Waals surface area contributed by atoms with Gasteiger partial charge in [-0.2, -0.15) is 4.79 Å². The Bertz CT molecular complexity index is 155. The first-order valence-electron chi connectivity index (χ1n) is 4.50. The van der Waals surface area contributed by atoms with Crippen LogP contribution in [0.4, 0.5) is 4.79 Å². The summed E-state index contributed by atoms with van der Waals surface area (Å²) in [6, 6.07) is -0.105. The van der Waals surface area contributed by atoms with Crippen molar-refractivity contribution in [1.29, 1.82) is 0 Å². The molecule has 0 rings (SSSR count). The smallest absolute Gasteiger partial charge is 0.238 e. The fourth-order valence-electron chi connectivity index (χ4n) is 0.882. The highest BCUT2D eigenvalue weighted by Crippen LogP contribution is 1.96. The highest BCUT2D eigenvalue weighted by atomic mass is 16.2. The van der Waals surface area contributed by atoms with Gasteiger partial charge >= 0.3 is 6.03 Å². The van der Waals surface area contributed by atoms with Gasteiger partial charge in [0.15, 0.2) is 0 Å². The number of unbranched alkanes of at least 4 members (excludes halogenated alkanes) is 3. The van der Waals surface area contributed by atoms with E-state index in [2.05, 4.69) is 19.0 Å². The Morgan fingerprint density at radius 2 is 2.08 bits per heavy atom. The standard InChI is InChI=1S/C9H18N2O/c1-4-5-6-7-8-10-9(12)11(2)3/h2,4-8H2,1,3H3/p+1. The Labute approximate surface area is 74.5 Å². The zero-order chi connectivity index (χ0) is 9.40. The van der Waals surface area contributed by atoms with E-state index in [1.54, 1.807) is 7.05 Å². The summed E-state index contributed by atoms with van der Waals surface area (Å²) in [5.41, 5.74) is 0. The average Bonchev–Trinajstić information content (AvgIpc) is 2.03. The second-order valence-electron chi connectivity index (χ2n) is 2.99. The highest BCUT2D eigenvalue weighted by Gasteiger charge is 2.06. The quantitative estimate of drug-likeness (QED) is 0.380. The lowest BCUT2D eigenvalue weighted by atomic mass is 10.2. The van der Waals surface area contributed by atoms with Crippen molar-refractivity contribution in [2.24, 2.45) is 0 Å². The molecule has 0 radical (unpaired) electrons. The summed E-state index contributed by atoms with van der Waals surface area (Å²) in [5.74, 6) is 0. The van der Waals surface area contributed by atoms with Gasteiger partial charge in [0, 0.05) is 0 Å². The number of nitrogens with one attached hydrogen (secondary N) is 1. The molecule has 2 amide bonds. The van der Waals surface area contributed by atoms with E-state index in [0.717, 1.165) is 13.0 Å². The van der Waals surface area contributed by atoms with Gasteiger partial charge in [-0.15, -0.1) is 0 Å². The van der Waals surface area contributed by atoms with Crippen LogP contribution in [0.25, 0.3) is 0 Å². The summed E-state index contributed by atoms with van der Waals surface area (Å²) in [4.78, 5) is 10.9. The summed E-state index contributed by atoms with van der Waals surface area (Å²) >= 11 is 0. The second kappa shape index (κ2) is 6.83. The van der Waals surface area contributed by atoms with Crippen molar-refractivity contribution < 1.29 is 9.37 Å². The third-order valence-corrected chi connectivity index (χ3v) is 1.65. The Morgan fingerprint density at radius 3 is 2.58 bits per heavy atom. The lowest BCUT2D eigenvalue weighted by Gasteiger charge is -1.97. The SMILES string of the molecule is C=[N+](C)C(=O)NCCCCCC. The molecule has 0 bridgehead atoms. The molecule has 0 aliphatic carbocycles. The molecule has 0 aliphatic rings. The van der Waals surface area contributed by atoms with Gasteiger partial charge in [0.05, 0.1) is 20.3 Å². The van der Waals surface area contributed by atoms with Crippen molar-refractivity contribution in [1.82, 2.24) is 5.32 Å². The predicted molar refractivity (Wildman–Crippen MR) is 50.8 cm³/mol. The first kappa shape index (κ1) is 11.1. The number of hydrogen-bond acceptors (Lipinski definition) is 1. The van der Waals surface area contributed by atoms with E-state index in [0.29, 0.717) is 0 Å². The van der Waals surface area contributed by atoms with Gasteiger partial charge in [0.25, 0.3) is 0 Å². The van der Waals surface area contributed by atoms with Crippen LogP contribution in [0.15, 0.2) is 0 Å². The molecule has 12 heavy (non-hydrogen) atoms. The first-order chi connectivity index (χ1) is 5.68. The van der Waals surface area contributed by atoms with Gasteiger partial charge < -0.3 is 0 Å². The maximum atomic E-state index is 10.9. The van der Waals surface area contributed by atoms with E-state index < -0.39 is 0 Å². The normalized spacial score (nSPS) is 9.50. The summed E-state index contributed by atoms with van der Waals surface area (Å²) in [6.07, 6.45) is 4.73. The minimum absolute atomic E-state index is 0.105. The molecule has 0 atom stereocenters. The molecule has 0 fully saturated rings. The van der Waals surface area contributed by atoms with Crippen LogP contribution in [0.2, 0.25) is 0 Å². The average molecular weight is 171 g/mol. The molecule has 3 heteroatoms. The molecule has 0 spiro atoms. The monoisotopic (exact) mass is 171 g/mol. The van der Waals surface area contributed by atoms with Crippen LogP contribution in [0.5, 0.6) is 0 Å². The van der Waals surface area contributed by atoms with E-state index in [4.69, 9.17) is 0 Å². The van der Waals surface area contributed by atoms with Gasteiger partial charge in [-0.1, -0.05) is 19.8 Å². The Kier molecular flexibility index (Phi) is 6.34. The molecule has 0 aromatic rings. The molecule has 0 aromatic heterocycles. The van der Waals surface area contributed by atoms with Crippen LogP contribution in [-0.4, -0.2) is 30.9 Å². The first-order valence-corrected chi connectivity index (χ1v) is 4.50. The van der Waals surface area contributed by atoms with Crippen molar-refractivity contribution in [3.05, 3.63) is 0 Å². The van der Waals surface area contributed by atoms with E-state index in [1.165, 1.54) is 23.8 Å². The third kappa shape index (κ3) is 5.89. The van der Waals surface area contributed by atoms with Crippen LogP contribution >= 0.6 is 0 Å². The lowest BCUT2D eigenvalue weighted by Crippen LogP contribution is -2.30. The number of nitrogens with zero attached hydrogens (tertiary/aromatic N) is 1. The molecule has 0 saturated heterocycles. The van der Waals surface area contributed by atoms with Crippen molar-refractivity contribution in [2.45, 2.75) is 32.6 Å². The molecule has 3 nitrogen and oxygen atoms in total. The van der Waals surface area contributed by atoms with Crippen LogP contribution in [0, 0.1) is 0 Å². The lowest BCUT2D eigenvalue weighted by molar-refractivity contribution is -0.384. The summed E-state index contributed by atoms with van der Waals surface area (Å²) in [7, 11) is 1.64. The molecule has 0 heterocycles. The van der Waals surface area contributed by atoms with Gasteiger partial charge in [-0.3, -0.25) is 0 Å². The Balaban J connectivity index is 3.20. The maximum absolute atomic E-state index is 10.9. The fraction of sp³-hybridized carbons (Fsp3) is 0.778. The molecular weight excluding hydrogens is 152 g/mol. The zero-order valence-electron chi connectivity index (χ0n) is 8.10. The largest absolute Gasteiger partial charge is 0.490 e. The molecule has 1 N–H and O–H groups in total. The zero-order valence-corrected chi connectivity index (χ0v) is 8.10. The van der Waals surface area contributed by atoms with Crippen LogP contribution in [-0.2, 0) is 0 Å². The summed E-state index contributed by atoms with van der Waals surface area (Å²) in [5, 5.41) is 2.77. The van der Waals surface area contributed by atoms with Crippen LogP contribution in [0.3, 0.4) is 0 Å². The fourth-order valence-corrected chi connectivity index (χ4v) is 0.882. The maximum Gasteiger partial charge on any atom is 0.490 e. The molecule has 0 saturated carbocycles. The van der Waals surface area contributed by atoms with Crippen LogP contribution in [0.1, 0.15) is 32.6 Å². The van der Waals surface area contributed by atoms with Crippen molar-refractivity contribution >= 4 is 12.7 Å². The van der Waals surface area contributed by atoms with Crippen molar-refractivity contribution in [2.75, 3.05) is 13.6 Å². The predicted octanol–water partition coefficient (Wildman–Crippen LogP) is 1.62. The van der Waals surface area contributed by atoms with Gasteiger partial charge in [-0.25, -0.2) is 9.89 Å². The molecular formula is C9H19N2O+. The van der Waals surface area contributed by atoms with E-state index >= 15 is 0 Å². The summed E-state index contributed by atoms with van der Waals surface area (Å²) in [6.45, 7) is 6.41. The number of amides is 2. The second-order valence-corrected chi connectivity index (χ2v) is 2.99. The summed E-state index contributed by atoms with van der Waals surface area (Å²) < 4.78 is 1.31. The molecule has 0 unspecified atom stereocenters. The van der Waals surface area contributed by atoms with E-state index in [1.807, 2.05) is 0 Å². The number of carbonyl (C=O) groups is 1. The van der Waals surface area contributed by atoms with Gasteiger partial charge in [0.1, 0.15) is 0 Å². The van der Waals surface area contributed by atoms with Crippen molar-refractivity contribution in [3.63, 3.8) is 0 Å². The topological polar surface area (TPSA) is 32.1 Å². The Morgan fingerprint density at radius 1 is 1.42 bits per heavy atom. The Hall–Kier alpha value is -0.860. The third-order valence-electron chi connectivity index (χ3n) is 1.65. The van der Waals surface area contributed by atoms with Gasteiger partial charge in [0.2, 0.25) is 0 Å². The number of rotatable bonds is 5. The number of urea groups is 1. The number of carbonyl (C=O) groups excluding carboxylic acids is 1. The minimum atomic E-state index is -0.105. The molecule has 70 valence electrons. The van der Waals surface area contributed by atoms with Crippen LogP contribution < -0.4 is 5.32 Å². The van der Waals surface area contributed by atoms with E-state index in [9.17, 15) is 4.79 Å². The van der Waals surface area contributed by atoms with Crippen molar-refractivity contribution in [3.8, 4) is 0 Å². The molecule has 0 aliphatic heterocycles. The highest BCUT2D eigenvalue weighted by molar-refractivity contribution is 5.66. The van der Waals surface area contributed by atoms with E-state index in [-0.39, 0.29) is 6.03 Å². The minimum Gasteiger partial charge on any atom is -0.238 e. The number of hydrogen-bond donors (Lipinski definition) is 1. The van der Waals surface area contributed by atoms with Gasteiger partial charge in [-0.05, 0) is 12.8 Å². The molecule has 0 aromatic carbocycles.